The smallest absolute Gasteiger partial charge is 0.248 e. The molecule has 6 heteroatoms. The van der Waals surface area contributed by atoms with Crippen LogP contribution in [-0.4, -0.2) is 24.2 Å². The lowest BCUT2D eigenvalue weighted by molar-refractivity contribution is -0.114. The third-order valence-corrected chi connectivity index (χ3v) is 5.19. The summed E-state index contributed by atoms with van der Waals surface area (Å²) < 4.78 is 5.53. The van der Waals surface area contributed by atoms with Gasteiger partial charge in [0.15, 0.2) is 0 Å². The van der Waals surface area contributed by atoms with Crippen LogP contribution in [0.4, 0.5) is 11.4 Å². The van der Waals surface area contributed by atoms with Crippen molar-refractivity contribution in [2.75, 3.05) is 23.0 Å². The summed E-state index contributed by atoms with van der Waals surface area (Å²) in [6.45, 7) is 2.44. The number of ether oxygens (including phenoxy) is 1. The predicted molar refractivity (Wildman–Crippen MR) is 128 cm³/mol. The zero-order chi connectivity index (χ0) is 21.9. The molecular formula is C25H24N2O3S. The van der Waals surface area contributed by atoms with Gasteiger partial charge in [0, 0.05) is 16.7 Å². The second-order valence-electron chi connectivity index (χ2n) is 6.52. The van der Waals surface area contributed by atoms with E-state index in [1.165, 1.54) is 17.8 Å². The number of anilines is 2. The molecule has 158 valence electrons. The third kappa shape index (κ3) is 7.35. The number of amides is 2. The highest BCUT2D eigenvalue weighted by atomic mass is 32.2. The fourth-order valence-electron chi connectivity index (χ4n) is 2.74. The first kappa shape index (κ1) is 22.2. The maximum absolute atomic E-state index is 12.3. The van der Waals surface area contributed by atoms with Gasteiger partial charge in [-0.15, -0.1) is 11.8 Å². The number of hydrogen-bond donors (Lipinski definition) is 2. The molecule has 0 heterocycles. The van der Waals surface area contributed by atoms with Gasteiger partial charge in [-0.2, -0.15) is 0 Å². The van der Waals surface area contributed by atoms with Gasteiger partial charge in [0.2, 0.25) is 11.8 Å². The quantitative estimate of drug-likeness (QED) is 0.348. The first-order valence-electron chi connectivity index (χ1n) is 9.92. The summed E-state index contributed by atoms with van der Waals surface area (Å²) in [5.74, 6) is 0.619. The van der Waals surface area contributed by atoms with E-state index in [4.69, 9.17) is 4.74 Å². The van der Waals surface area contributed by atoms with Crippen LogP contribution in [0.5, 0.6) is 5.75 Å². The van der Waals surface area contributed by atoms with E-state index in [0.29, 0.717) is 23.7 Å². The van der Waals surface area contributed by atoms with Gasteiger partial charge in [-0.25, -0.2) is 0 Å². The standard InChI is InChI=1S/C25H24N2O3S/c1-2-30-23-11-7-6-10-22(23)27-25(29)18-31-21-15-13-20(14-16-21)26-24(28)17-12-19-8-4-3-5-9-19/h3-17H,2,18H2,1H3,(H,26,28)(H,27,29)/b17-12+. The number of thioether (sulfide) groups is 1. The first-order chi connectivity index (χ1) is 15.1. The Morgan fingerprint density at radius 3 is 2.35 bits per heavy atom. The highest BCUT2D eigenvalue weighted by Crippen LogP contribution is 2.25. The van der Waals surface area contributed by atoms with Gasteiger partial charge < -0.3 is 15.4 Å². The predicted octanol–water partition coefficient (Wildman–Crippen LogP) is 5.47. The molecule has 0 aromatic heterocycles. The lowest BCUT2D eigenvalue weighted by atomic mass is 10.2. The van der Waals surface area contributed by atoms with Crippen LogP contribution in [0.2, 0.25) is 0 Å². The van der Waals surface area contributed by atoms with Gasteiger partial charge in [0.05, 0.1) is 18.0 Å². The summed E-state index contributed by atoms with van der Waals surface area (Å²) in [6, 6.07) is 24.4. The van der Waals surface area contributed by atoms with Gasteiger partial charge in [0.25, 0.3) is 0 Å². The van der Waals surface area contributed by atoms with Crippen LogP contribution in [0.15, 0.2) is 89.8 Å². The molecule has 0 fully saturated rings. The minimum absolute atomic E-state index is 0.111. The number of hydrogen-bond acceptors (Lipinski definition) is 4. The molecule has 31 heavy (non-hydrogen) atoms. The molecule has 3 aromatic rings. The second-order valence-corrected chi connectivity index (χ2v) is 7.57. The van der Waals surface area contributed by atoms with Crippen molar-refractivity contribution in [2.45, 2.75) is 11.8 Å². The molecular weight excluding hydrogens is 408 g/mol. The number of nitrogens with one attached hydrogen (secondary N) is 2. The Kier molecular flexibility index (Phi) is 8.31. The van der Waals surface area contributed by atoms with E-state index in [2.05, 4.69) is 10.6 Å². The highest BCUT2D eigenvalue weighted by molar-refractivity contribution is 8.00. The molecule has 5 nitrogen and oxygen atoms in total. The van der Waals surface area contributed by atoms with Gasteiger partial charge >= 0.3 is 0 Å². The number of benzene rings is 3. The van der Waals surface area contributed by atoms with E-state index in [1.807, 2.05) is 85.8 Å². The molecule has 3 aromatic carbocycles. The molecule has 2 amide bonds. The number of carbonyl (C=O) groups is 2. The normalized spacial score (nSPS) is 10.6. The molecule has 0 aliphatic carbocycles. The van der Waals surface area contributed by atoms with Gasteiger partial charge in [-0.1, -0.05) is 42.5 Å². The second kappa shape index (κ2) is 11.6. The van der Waals surface area contributed by atoms with Crippen LogP contribution in [0.25, 0.3) is 6.08 Å². The summed E-state index contributed by atoms with van der Waals surface area (Å²) in [5, 5.41) is 5.71. The largest absolute Gasteiger partial charge is 0.492 e. The Morgan fingerprint density at radius 2 is 1.61 bits per heavy atom. The number of rotatable bonds is 9. The average Bonchev–Trinajstić information content (AvgIpc) is 2.79. The molecule has 0 saturated heterocycles. The summed E-state index contributed by atoms with van der Waals surface area (Å²) in [4.78, 5) is 25.3. The van der Waals surface area contributed by atoms with Crippen molar-refractivity contribution in [1.29, 1.82) is 0 Å². The fraction of sp³-hybridized carbons (Fsp3) is 0.120. The van der Waals surface area contributed by atoms with E-state index in [0.717, 1.165) is 10.5 Å². The fourth-order valence-corrected chi connectivity index (χ4v) is 3.44. The van der Waals surface area contributed by atoms with Gasteiger partial charge in [0.1, 0.15) is 5.75 Å². The SMILES string of the molecule is CCOc1ccccc1NC(=O)CSc1ccc(NC(=O)/C=C/c2ccccc2)cc1. The molecule has 0 saturated carbocycles. The van der Waals surface area contributed by atoms with Crippen molar-refractivity contribution >= 4 is 41.0 Å². The minimum atomic E-state index is -0.198. The summed E-state index contributed by atoms with van der Waals surface area (Å²) >= 11 is 1.42. The van der Waals surface area contributed by atoms with Crippen molar-refractivity contribution in [3.05, 3.63) is 90.5 Å². The number of para-hydroxylation sites is 2. The van der Waals surface area contributed by atoms with Crippen LogP contribution in [0.1, 0.15) is 12.5 Å². The Morgan fingerprint density at radius 1 is 0.903 bits per heavy atom. The molecule has 0 aliphatic rings. The lowest BCUT2D eigenvalue weighted by Gasteiger charge is -2.11. The van der Waals surface area contributed by atoms with Crippen LogP contribution >= 0.6 is 11.8 Å². The minimum Gasteiger partial charge on any atom is -0.492 e. The van der Waals surface area contributed by atoms with Crippen molar-refractivity contribution in [3.63, 3.8) is 0 Å². The maximum atomic E-state index is 12.3. The summed E-state index contributed by atoms with van der Waals surface area (Å²) in [7, 11) is 0. The van der Waals surface area contributed by atoms with E-state index in [9.17, 15) is 9.59 Å². The van der Waals surface area contributed by atoms with E-state index in [1.54, 1.807) is 6.08 Å². The van der Waals surface area contributed by atoms with Crippen molar-refractivity contribution in [2.24, 2.45) is 0 Å². The summed E-state index contributed by atoms with van der Waals surface area (Å²) in [5.41, 5.74) is 2.32. The Hall–Kier alpha value is -3.51. The molecule has 0 radical (unpaired) electrons. The van der Waals surface area contributed by atoms with Crippen LogP contribution in [0.3, 0.4) is 0 Å². The van der Waals surface area contributed by atoms with Crippen LogP contribution in [-0.2, 0) is 9.59 Å². The van der Waals surface area contributed by atoms with Gasteiger partial charge in [-0.3, -0.25) is 9.59 Å². The topological polar surface area (TPSA) is 67.4 Å². The van der Waals surface area contributed by atoms with Crippen molar-refractivity contribution in [1.82, 2.24) is 0 Å². The molecule has 3 rings (SSSR count). The molecule has 0 atom stereocenters. The highest BCUT2D eigenvalue weighted by Gasteiger charge is 2.08. The van der Waals surface area contributed by atoms with E-state index < -0.39 is 0 Å². The molecule has 0 unspecified atom stereocenters. The van der Waals surface area contributed by atoms with Crippen LogP contribution < -0.4 is 15.4 Å². The molecule has 0 bridgehead atoms. The maximum Gasteiger partial charge on any atom is 0.248 e. The van der Waals surface area contributed by atoms with Crippen molar-refractivity contribution in [3.8, 4) is 5.75 Å². The van der Waals surface area contributed by atoms with Crippen LogP contribution in [0, 0.1) is 0 Å². The number of carbonyl (C=O) groups excluding carboxylic acids is 2. The third-order valence-electron chi connectivity index (χ3n) is 4.18. The zero-order valence-electron chi connectivity index (χ0n) is 17.2. The Labute approximate surface area is 186 Å². The first-order valence-corrected chi connectivity index (χ1v) is 10.9. The molecule has 0 spiro atoms. The Balaban J connectivity index is 1.47. The van der Waals surface area contributed by atoms with Crippen molar-refractivity contribution < 1.29 is 14.3 Å². The molecule has 0 aliphatic heterocycles. The molecule has 2 N–H and O–H groups in total. The zero-order valence-corrected chi connectivity index (χ0v) is 18.0. The van der Waals surface area contributed by atoms with E-state index in [-0.39, 0.29) is 17.6 Å². The van der Waals surface area contributed by atoms with E-state index >= 15 is 0 Å². The average molecular weight is 433 g/mol. The lowest BCUT2D eigenvalue weighted by Crippen LogP contribution is -2.14. The van der Waals surface area contributed by atoms with Gasteiger partial charge in [-0.05, 0) is 55.0 Å². The monoisotopic (exact) mass is 432 g/mol. The Bertz CT molecular complexity index is 1030. The summed E-state index contributed by atoms with van der Waals surface area (Å²) in [6.07, 6.45) is 3.27.